The lowest BCUT2D eigenvalue weighted by molar-refractivity contribution is 0.179. The summed E-state index contributed by atoms with van der Waals surface area (Å²) in [4.78, 5) is 18.3. The molecule has 2 aliphatic rings. The monoisotopic (exact) mass is 472 g/mol. The van der Waals surface area contributed by atoms with E-state index in [0.29, 0.717) is 37.2 Å². The fourth-order valence-corrected chi connectivity index (χ4v) is 6.44. The molecule has 2 aliphatic heterocycles. The highest BCUT2D eigenvalue weighted by molar-refractivity contribution is 7.89. The fourth-order valence-electron chi connectivity index (χ4n) is 4.56. The molecule has 2 saturated heterocycles. The summed E-state index contributed by atoms with van der Waals surface area (Å²) >= 11 is 0. The van der Waals surface area contributed by atoms with Crippen molar-refractivity contribution in [1.82, 2.24) is 14.2 Å². The zero-order chi connectivity index (χ0) is 23.2. The van der Waals surface area contributed by atoms with Crippen LogP contribution in [0.25, 0.3) is 11.1 Å². The molecule has 2 aromatic heterocycles. The van der Waals surface area contributed by atoms with Crippen LogP contribution in [0.4, 0.5) is 14.9 Å². The second kappa shape index (κ2) is 8.42. The lowest BCUT2D eigenvalue weighted by atomic mass is 9.91. The first-order chi connectivity index (χ1) is 15.8. The van der Waals surface area contributed by atoms with Crippen LogP contribution in [0.2, 0.25) is 0 Å². The van der Waals surface area contributed by atoms with E-state index in [1.54, 1.807) is 23.7 Å². The van der Waals surface area contributed by atoms with Crippen molar-refractivity contribution in [1.29, 1.82) is 0 Å². The van der Waals surface area contributed by atoms with Gasteiger partial charge in [-0.3, -0.25) is 4.98 Å². The van der Waals surface area contributed by atoms with E-state index in [2.05, 4.69) is 10.3 Å². The molecule has 0 bridgehead atoms. The molecule has 10 heteroatoms. The van der Waals surface area contributed by atoms with Gasteiger partial charge < -0.3 is 14.6 Å². The van der Waals surface area contributed by atoms with E-state index in [1.165, 1.54) is 23.1 Å². The van der Waals surface area contributed by atoms with Crippen LogP contribution < -0.4 is 5.32 Å². The average Bonchev–Trinajstić information content (AvgIpc) is 3.19. The standard InChI is InChI=1S/C23H25FN4O4S/c1-15-11-17(24)4-5-20(15)26-23(29)27-12-18(13-27)33(30,31)28-9-6-16(7-10-28)19-14-32-21-3-2-8-25-22(19)21/h2-5,8,11,14,16,18H,6-7,9-10,12-13H2,1H3,(H,26,29). The Kier molecular flexibility index (Phi) is 5.57. The highest BCUT2D eigenvalue weighted by atomic mass is 32.2. The zero-order valence-electron chi connectivity index (χ0n) is 18.2. The largest absolute Gasteiger partial charge is 0.462 e. The lowest BCUT2D eigenvalue weighted by Gasteiger charge is -2.42. The number of furan rings is 1. The number of nitrogens with one attached hydrogen (secondary N) is 1. The number of sulfonamides is 1. The van der Waals surface area contributed by atoms with Crippen molar-refractivity contribution in [2.45, 2.75) is 30.9 Å². The first-order valence-electron chi connectivity index (χ1n) is 11.0. The quantitative estimate of drug-likeness (QED) is 0.625. The summed E-state index contributed by atoms with van der Waals surface area (Å²) in [7, 11) is -3.49. The van der Waals surface area contributed by atoms with Crippen molar-refractivity contribution < 1.29 is 22.0 Å². The van der Waals surface area contributed by atoms with E-state index in [-0.39, 0.29) is 30.9 Å². The number of amides is 2. The molecule has 4 heterocycles. The minimum Gasteiger partial charge on any atom is -0.462 e. The van der Waals surface area contributed by atoms with Crippen molar-refractivity contribution in [3.05, 3.63) is 59.7 Å². The van der Waals surface area contributed by atoms with Gasteiger partial charge in [-0.25, -0.2) is 21.9 Å². The third-order valence-corrected chi connectivity index (χ3v) is 8.82. The van der Waals surface area contributed by atoms with Gasteiger partial charge in [0.05, 0.1) is 6.26 Å². The second-order valence-corrected chi connectivity index (χ2v) is 10.9. The summed E-state index contributed by atoms with van der Waals surface area (Å²) in [5.41, 5.74) is 3.74. The Labute approximate surface area is 191 Å². The van der Waals surface area contributed by atoms with Crippen molar-refractivity contribution in [2.24, 2.45) is 0 Å². The molecule has 33 heavy (non-hydrogen) atoms. The van der Waals surface area contributed by atoms with E-state index in [9.17, 15) is 17.6 Å². The molecule has 1 N–H and O–H groups in total. The highest BCUT2D eigenvalue weighted by Gasteiger charge is 2.44. The molecular formula is C23H25FN4O4S. The summed E-state index contributed by atoms with van der Waals surface area (Å²) in [5, 5.41) is 2.12. The normalized spacial score (nSPS) is 18.4. The first-order valence-corrected chi connectivity index (χ1v) is 12.5. The number of piperidine rings is 1. The summed E-state index contributed by atoms with van der Waals surface area (Å²) < 4.78 is 46.6. The Morgan fingerprint density at radius 3 is 2.70 bits per heavy atom. The number of urea groups is 1. The molecule has 3 aromatic rings. The number of rotatable bonds is 4. The smallest absolute Gasteiger partial charge is 0.321 e. The van der Waals surface area contributed by atoms with Crippen LogP contribution in [0.15, 0.2) is 47.2 Å². The van der Waals surface area contributed by atoms with Gasteiger partial charge in [0.1, 0.15) is 16.6 Å². The summed E-state index contributed by atoms with van der Waals surface area (Å²) in [6.45, 7) is 2.86. The summed E-state index contributed by atoms with van der Waals surface area (Å²) in [5.74, 6) is -0.170. The number of nitrogens with zero attached hydrogens (tertiary/aromatic N) is 3. The molecular weight excluding hydrogens is 447 g/mol. The van der Waals surface area contributed by atoms with E-state index in [1.807, 2.05) is 12.1 Å². The maximum absolute atomic E-state index is 13.3. The highest BCUT2D eigenvalue weighted by Crippen LogP contribution is 2.35. The van der Waals surface area contributed by atoms with Gasteiger partial charge in [0, 0.05) is 43.6 Å². The van der Waals surface area contributed by atoms with Gasteiger partial charge in [-0.15, -0.1) is 0 Å². The number of halogens is 1. The van der Waals surface area contributed by atoms with Gasteiger partial charge in [0.15, 0.2) is 5.58 Å². The molecule has 174 valence electrons. The number of hydrogen-bond acceptors (Lipinski definition) is 5. The minimum atomic E-state index is -3.49. The van der Waals surface area contributed by atoms with Crippen molar-refractivity contribution in [3.8, 4) is 0 Å². The number of aryl methyl sites for hydroxylation is 1. The number of carbonyl (C=O) groups excluding carboxylic acids is 1. The van der Waals surface area contributed by atoms with Crippen LogP contribution in [-0.2, 0) is 10.0 Å². The Morgan fingerprint density at radius 1 is 1.21 bits per heavy atom. The Morgan fingerprint density at radius 2 is 1.97 bits per heavy atom. The fraction of sp³-hybridized carbons (Fsp3) is 0.391. The van der Waals surface area contributed by atoms with Crippen LogP contribution in [0.3, 0.4) is 0 Å². The minimum absolute atomic E-state index is 0.143. The van der Waals surface area contributed by atoms with Crippen LogP contribution in [0.5, 0.6) is 0 Å². The number of hydrogen-bond donors (Lipinski definition) is 1. The number of aromatic nitrogens is 1. The van der Waals surface area contributed by atoms with Gasteiger partial charge in [0.2, 0.25) is 10.0 Å². The molecule has 8 nitrogen and oxygen atoms in total. The molecule has 0 spiro atoms. The van der Waals surface area contributed by atoms with Crippen LogP contribution in [0, 0.1) is 12.7 Å². The van der Waals surface area contributed by atoms with E-state index < -0.39 is 15.3 Å². The molecule has 0 atom stereocenters. The van der Waals surface area contributed by atoms with Crippen LogP contribution >= 0.6 is 0 Å². The average molecular weight is 473 g/mol. The van der Waals surface area contributed by atoms with Crippen molar-refractivity contribution >= 4 is 32.8 Å². The molecule has 0 radical (unpaired) electrons. The third kappa shape index (κ3) is 4.08. The number of anilines is 1. The van der Waals surface area contributed by atoms with Crippen molar-refractivity contribution in [3.63, 3.8) is 0 Å². The molecule has 2 amide bonds. The van der Waals surface area contributed by atoms with Crippen LogP contribution in [0.1, 0.15) is 29.9 Å². The SMILES string of the molecule is Cc1cc(F)ccc1NC(=O)N1CC(S(=O)(=O)N2CCC(c3coc4cccnc34)CC2)C1. The Bertz CT molecular complexity index is 1290. The van der Waals surface area contributed by atoms with Gasteiger partial charge in [0.25, 0.3) is 0 Å². The van der Waals surface area contributed by atoms with E-state index in [4.69, 9.17) is 4.42 Å². The summed E-state index contributed by atoms with van der Waals surface area (Å²) in [6, 6.07) is 7.44. The van der Waals surface area contributed by atoms with Gasteiger partial charge in [-0.2, -0.15) is 0 Å². The van der Waals surface area contributed by atoms with E-state index in [0.717, 1.165) is 16.7 Å². The molecule has 0 aliphatic carbocycles. The summed E-state index contributed by atoms with van der Waals surface area (Å²) in [6.07, 6.45) is 4.87. The third-order valence-electron chi connectivity index (χ3n) is 6.60. The van der Waals surface area contributed by atoms with Gasteiger partial charge in [-0.05, 0) is 61.6 Å². The molecule has 0 saturated carbocycles. The number of benzene rings is 1. The zero-order valence-corrected chi connectivity index (χ0v) is 19.0. The molecule has 5 rings (SSSR count). The van der Waals surface area contributed by atoms with Gasteiger partial charge >= 0.3 is 6.03 Å². The van der Waals surface area contributed by atoms with E-state index >= 15 is 0 Å². The predicted octanol–water partition coefficient (Wildman–Crippen LogP) is 3.70. The number of fused-ring (bicyclic) bond motifs is 1. The number of pyridine rings is 1. The van der Waals surface area contributed by atoms with Gasteiger partial charge in [-0.1, -0.05) is 0 Å². The Balaban J connectivity index is 1.16. The van der Waals surface area contributed by atoms with Crippen molar-refractivity contribution in [2.75, 3.05) is 31.5 Å². The maximum atomic E-state index is 13.3. The Hall–Kier alpha value is -2.98. The predicted molar refractivity (Wildman–Crippen MR) is 122 cm³/mol. The molecule has 2 fully saturated rings. The number of carbonyl (C=O) groups is 1. The molecule has 0 unspecified atom stereocenters. The maximum Gasteiger partial charge on any atom is 0.321 e. The lowest BCUT2D eigenvalue weighted by Crippen LogP contribution is -2.61. The molecule has 1 aromatic carbocycles. The second-order valence-electron chi connectivity index (χ2n) is 8.68. The first kappa shape index (κ1) is 21.8. The topological polar surface area (TPSA) is 95.8 Å². The number of likely N-dealkylation sites (tertiary alicyclic amines) is 1. The van der Waals surface area contributed by atoms with Crippen LogP contribution in [-0.4, -0.2) is 60.1 Å².